The maximum absolute atomic E-state index is 12.2. The Morgan fingerprint density at radius 3 is 2.67 bits per heavy atom. The van der Waals surface area contributed by atoms with E-state index in [4.69, 9.17) is 16.7 Å². The minimum atomic E-state index is -0.864. The molecule has 0 radical (unpaired) electrons. The molecule has 1 saturated heterocycles. The molecule has 2 amide bonds. The van der Waals surface area contributed by atoms with Gasteiger partial charge in [-0.25, -0.2) is 4.79 Å². The summed E-state index contributed by atoms with van der Waals surface area (Å²) in [4.78, 5) is 24.8. The summed E-state index contributed by atoms with van der Waals surface area (Å²) in [6, 6.07) is 3.18. The smallest absolute Gasteiger partial charge is 0.321 e. The quantitative estimate of drug-likeness (QED) is 0.830. The van der Waals surface area contributed by atoms with Crippen molar-refractivity contribution in [1.82, 2.24) is 4.90 Å². The summed E-state index contributed by atoms with van der Waals surface area (Å²) in [5.74, 6) is -1.43. The number of amides is 2. The van der Waals surface area contributed by atoms with E-state index in [0.29, 0.717) is 17.3 Å². The number of hydrogen-bond donors (Lipinski definition) is 2. The van der Waals surface area contributed by atoms with Gasteiger partial charge in [0.05, 0.1) is 11.6 Å². The maximum Gasteiger partial charge on any atom is 0.321 e. The van der Waals surface area contributed by atoms with Crippen LogP contribution < -0.4 is 5.32 Å². The average molecular weight is 376 g/mol. The predicted molar refractivity (Wildman–Crippen MR) is 84.8 cm³/mol. The number of nitrogens with zero attached hydrogens (tertiary/aromatic N) is 1. The molecule has 21 heavy (non-hydrogen) atoms. The number of hydrogen-bond acceptors (Lipinski definition) is 2. The van der Waals surface area contributed by atoms with Crippen LogP contribution in [0.25, 0.3) is 0 Å². The van der Waals surface area contributed by atoms with Gasteiger partial charge >= 0.3 is 12.0 Å². The van der Waals surface area contributed by atoms with E-state index in [1.54, 1.807) is 6.07 Å². The third-order valence-electron chi connectivity index (χ3n) is 3.71. The van der Waals surface area contributed by atoms with Crippen LogP contribution in [0, 0.1) is 18.8 Å². The van der Waals surface area contributed by atoms with Gasteiger partial charge in [-0.1, -0.05) is 18.5 Å². The van der Waals surface area contributed by atoms with Crippen LogP contribution in [0.2, 0.25) is 5.02 Å². The number of aliphatic carboxylic acids is 1. The van der Waals surface area contributed by atoms with Gasteiger partial charge in [0.15, 0.2) is 0 Å². The average Bonchev–Trinajstić information content (AvgIpc) is 2.78. The van der Waals surface area contributed by atoms with E-state index in [-0.39, 0.29) is 18.5 Å². The topological polar surface area (TPSA) is 69.6 Å². The first-order valence-corrected chi connectivity index (χ1v) is 7.71. The molecule has 5 nitrogen and oxygen atoms in total. The molecule has 2 N–H and O–H groups in total. The molecule has 1 fully saturated rings. The normalized spacial score (nSPS) is 21.4. The number of anilines is 1. The number of carbonyl (C=O) groups is 2. The van der Waals surface area contributed by atoms with Crippen LogP contribution in [0.4, 0.5) is 10.5 Å². The van der Waals surface area contributed by atoms with Crippen molar-refractivity contribution in [3.05, 3.63) is 27.2 Å². The summed E-state index contributed by atoms with van der Waals surface area (Å²) in [5, 5.41) is 12.4. The summed E-state index contributed by atoms with van der Waals surface area (Å²) in [6.07, 6.45) is 0. The third-order valence-corrected chi connectivity index (χ3v) is 4.77. The van der Waals surface area contributed by atoms with Crippen molar-refractivity contribution in [3.63, 3.8) is 0 Å². The zero-order valence-corrected chi connectivity index (χ0v) is 14.0. The fourth-order valence-electron chi connectivity index (χ4n) is 2.39. The van der Waals surface area contributed by atoms with Crippen LogP contribution in [0.15, 0.2) is 16.6 Å². The van der Waals surface area contributed by atoms with Crippen molar-refractivity contribution in [2.75, 3.05) is 18.4 Å². The molecule has 1 aliphatic heterocycles. The number of nitrogens with one attached hydrogen (secondary N) is 1. The molecule has 7 heteroatoms. The minimum Gasteiger partial charge on any atom is -0.481 e. The van der Waals surface area contributed by atoms with Gasteiger partial charge in [-0.2, -0.15) is 0 Å². The van der Waals surface area contributed by atoms with E-state index in [2.05, 4.69) is 21.2 Å². The SMILES string of the molecule is Cc1cc(Br)c(NC(=O)N2C[C@@H](C)[C@H](C(=O)O)C2)cc1Cl. The van der Waals surface area contributed by atoms with E-state index in [9.17, 15) is 9.59 Å². The van der Waals surface area contributed by atoms with E-state index in [1.165, 1.54) is 4.90 Å². The molecular weight excluding hydrogens is 360 g/mol. The maximum atomic E-state index is 12.2. The van der Waals surface area contributed by atoms with Crippen LogP contribution in [-0.2, 0) is 4.79 Å². The van der Waals surface area contributed by atoms with Gasteiger partial charge in [-0.05, 0) is 46.5 Å². The van der Waals surface area contributed by atoms with Crippen LogP contribution in [0.3, 0.4) is 0 Å². The van der Waals surface area contributed by atoms with Gasteiger partial charge < -0.3 is 15.3 Å². The lowest BCUT2D eigenvalue weighted by molar-refractivity contribution is -0.142. The monoisotopic (exact) mass is 374 g/mol. The number of carbonyl (C=O) groups excluding carboxylic acids is 1. The van der Waals surface area contributed by atoms with Gasteiger partial charge in [0.2, 0.25) is 0 Å². The first-order valence-electron chi connectivity index (χ1n) is 6.54. The molecule has 1 aromatic carbocycles. The number of carboxylic acid groups (broad SMARTS) is 1. The number of likely N-dealkylation sites (tertiary alicyclic amines) is 1. The van der Waals surface area contributed by atoms with Crippen molar-refractivity contribution in [2.45, 2.75) is 13.8 Å². The Morgan fingerprint density at radius 2 is 2.10 bits per heavy atom. The van der Waals surface area contributed by atoms with Gasteiger partial charge in [0, 0.05) is 22.6 Å². The molecule has 114 valence electrons. The summed E-state index contributed by atoms with van der Waals surface area (Å²) in [5.41, 5.74) is 1.48. The molecule has 0 bridgehead atoms. The van der Waals surface area contributed by atoms with E-state index in [1.807, 2.05) is 19.9 Å². The molecule has 0 aliphatic carbocycles. The fraction of sp³-hybridized carbons (Fsp3) is 0.429. The Balaban J connectivity index is 2.09. The number of urea groups is 1. The standard InChI is InChI=1S/C14H16BrClN2O3/c1-7-3-10(15)12(4-11(7)16)17-14(21)18-5-8(2)9(6-18)13(19)20/h3-4,8-9H,5-6H2,1-2H3,(H,17,21)(H,19,20)/t8-,9-/m1/s1. The van der Waals surface area contributed by atoms with Crippen molar-refractivity contribution in [3.8, 4) is 0 Å². The Morgan fingerprint density at radius 1 is 1.43 bits per heavy atom. The highest BCUT2D eigenvalue weighted by Gasteiger charge is 2.37. The van der Waals surface area contributed by atoms with Crippen molar-refractivity contribution < 1.29 is 14.7 Å². The second kappa shape index (κ2) is 6.23. The zero-order chi connectivity index (χ0) is 15.7. The number of halogens is 2. The van der Waals surface area contributed by atoms with Gasteiger partial charge in [-0.3, -0.25) is 4.79 Å². The van der Waals surface area contributed by atoms with Gasteiger partial charge in [-0.15, -0.1) is 0 Å². The van der Waals surface area contributed by atoms with Crippen molar-refractivity contribution in [1.29, 1.82) is 0 Å². The summed E-state index contributed by atoms with van der Waals surface area (Å²) >= 11 is 9.43. The Labute approximate surface area is 136 Å². The number of carboxylic acids is 1. The molecule has 2 atom stereocenters. The summed E-state index contributed by atoms with van der Waals surface area (Å²) in [7, 11) is 0. The van der Waals surface area contributed by atoms with E-state index < -0.39 is 11.9 Å². The van der Waals surface area contributed by atoms with E-state index in [0.717, 1.165) is 10.0 Å². The van der Waals surface area contributed by atoms with Crippen LogP contribution >= 0.6 is 27.5 Å². The summed E-state index contributed by atoms with van der Waals surface area (Å²) < 4.78 is 0.736. The Kier molecular flexibility index (Phi) is 4.78. The predicted octanol–water partition coefficient (Wildman–Crippen LogP) is 3.60. The zero-order valence-electron chi connectivity index (χ0n) is 11.7. The van der Waals surface area contributed by atoms with Crippen LogP contribution in [-0.4, -0.2) is 35.1 Å². The van der Waals surface area contributed by atoms with Crippen molar-refractivity contribution in [2.24, 2.45) is 11.8 Å². The lowest BCUT2D eigenvalue weighted by Gasteiger charge is -2.18. The highest BCUT2D eigenvalue weighted by atomic mass is 79.9. The molecule has 1 aliphatic rings. The fourth-order valence-corrected chi connectivity index (χ4v) is 3.11. The molecule has 2 rings (SSSR count). The number of aryl methyl sites for hydroxylation is 1. The highest BCUT2D eigenvalue weighted by Crippen LogP contribution is 2.30. The second-order valence-corrected chi connectivity index (χ2v) is 6.60. The number of rotatable bonds is 2. The Hall–Kier alpha value is -1.27. The first kappa shape index (κ1) is 16.1. The molecule has 1 aromatic rings. The molecule has 0 unspecified atom stereocenters. The lowest BCUT2D eigenvalue weighted by Crippen LogP contribution is -2.34. The number of benzene rings is 1. The van der Waals surface area contributed by atoms with Gasteiger partial charge in [0.25, 0.3) is 0 Å². The van der Waals surface area contributed by atoms with Crippen LogP contribution in [0.1, 0.15) is 12.5 Å². The molecule has 0 spiro atoms. The lowest BCUT2D eigenvalue weighted by atomic mass is 9.99. The third kappa shape index (κ3) is 3.49. The van der Waals surface area contributed by atoms with Crippen molar-refractivity contribution >= 4 is 45.2 Å². The minimum absolute atomic E-state index is 0.0571. The van der Waals surface area contributed by atoms with Crippen LogP contribution in [0.5, 0.6) is 0 Å². The molecule has 0 aromatic heterocycles. The second-order valence-electron chi connectivity index (χ2n) is 5.34. The largest absolute Gasteiger partial charge is 0.481 e. The molecule has 0 saturated carbocycles. The Bertz CT molecular complexity index is 594. The van der Waals surface area contributed by atoms with Gasteiger partial charge in [0.1, 0.15) is 0 Å². The van der Waals surface area contributed by atoms with E-state index >= 15 is 0 Å². The highest BCUT2D eigenvalue weighted by molar-refractivity contribution is 9.10. The molecular formula is C14H16BrClN2O3. The first-order chi connectivity index (χ1) is 9.79. The molecule has 1 heterocycles. The summed E-state index contributed by atoms with van der Waals surface area (Å²) in [6.45, 7) is 4.36.